The zero-order chi connectivity index (χ0) is 20.6. The number of rotatable bonds is 6. The van der Waals surface area contributed by atoms with Gasteiger partial charge < -0.3 is 9.52 Å². The van der Waals surface area contributed by atoms with Crippen LogP contribution in [-0.4, -0.2) is 48.2 Å². The van der Waals surface area contributed by atoms with Crippen LogP contribution in [0.3, 0.4) is 0 Å². The van der Waals surface area contributed by atoms with Gasteiger partial charge in [0.2, 0.25) is 0 Å². The molecule has 29 heavy (non-hydrogen) atoms. The maximum Gasteiger partial charge on any atom is 0.335 e. The lowest BCUT2D eigenvalue weighted by atomic mass is 10.1. The van der Waals surface area contributed by atoms with Gasteiger partial charge in [-0.25, -0.2) is 18.2 Å². The Bertz CT molecular complexity index is 1150. The van der Waals surface area contributed by atoms with E-state index in [4.69, 9.17) is 9.52 Å². The highest BCUT2D eigenvalue weighted by Crippen LogP contribution is 2.31. The Balaban J connectivity index is 1.47. The number of aromatic carboxylic acids is 1. The lowest BCUT2D eigenvalue weighted by Crippen LogP contribution is -2.19. The molecule has 0 saturated carbocycles. The maximum absolute atomic E-state index is 12.1. The van der Waals surface area contributed by atoms with Gasteiger partial charge in [0.15, 0.2) is 21.3 Å². The predicted octanol–water partition coefficient (Wildman–Crippen LogP) is 3.31. The zero-order valence-corrected chi connectivity index (χ0v) is 16.9. The number of aromatic nitrogens is 1. The number of carboxylic acids is 1. The number of hydrogen-bond donors (Lipinski definition) is 1. The molecule has 2 aromatic carbocycles. The van der Waals surface area contributed by atoms with Crippen molar-refractivity contribution in [3.63, 3.8) is 0 Å². The van der Waals surface area contributed by atoms with Crippen molar-refractivity contribution in [2.75, 3.05) is 18.8 Å². The maximum atomic E-state index is 12.1. The van der Waals surface area contributed by atoms with Crippen LogP contribution in [0.4, 0.5) is 0 Å². The zero-order valence-electron chi connectivity index (χ0n) is 16.0. The summed E-state index contributed by atoms with van der Waals surface area (Å²) in [6.07, 6.45) is 0.903. The Kier molecular flexibility index (Phi) is 5.14. The van der Waals surface area contributed by atoms with Gasteiger partial charge in [-0.05, 0) is 48.9 Å². The molecule has 1 aromatic heterocycles. The van der Waals surface area contributed by atoms with Gasteiger partial charge in [0.1, 0.15) is 5.52 Å². The first-order valence-corrected chi connectivity index (χ1v) is 11.2. The molecule has 4 rings (SSSR count). The Labute approximate surface area is 168 Å². The summed E-state index contributed by atoms with van der Waals surface area (Å²) in [4.78, 5) is 18.1. The van der Waals surface area contributed by atoms with E-state index in [0.29, 0.717) is 17.0 Å². The van der Waals surface area contributed by atoms with Crippen molar-refractivity contribution < 1.29 is 22.7 Å². The summed E-state index contributed by atoms with van der Waals surface area (Å²) >= 11 is 0. The minimum Gasteiger partial charge on any atom is -0.478 e. The molecule has 1 unspecified atom stereocenters. The van der Waals surface area contributed by atoms with Crippen molar-refractivity contribution in [3.05, 3.63) is 59.5 Å². The monoisotopic (exact) mass is 414 g/mol. The van der Waals surface area contributed by atoms with Crippen molar-refractivity contribution in [1.82, 2.24) is 9.88 Å². The van der Waals surface area contributed by atoms with Gasteiger partial charge in [-0.3, -0.25) is 4.90 Å². The summed E-state index contributed by atoms with van der Waals surface area (Å²) in [7, 11) is -3.28. The number of benzene rings is 2. The lowest BCUT2D eigenvalue weighted by Gasteiger charge is -2.15. The van der Waals surface area contributed by atoms with Crippen molar-refractivity contribution in [1.29, 1.82) is 0 Å². The van der Waals surface area contributed by atoms with E-state index in [1.165, 1.54) is 0 Å². The van der Waals surface area contributed by atoms with Crippen molar-refractivity contribution in [2.24, 2.45) is 0 Å². The second-order valence-electron chi connectivity index (χ2n) is 7.31. The molecular formula is C21H22N2O5S. The van der Waals surface area contributed by atoms with E-state index in [1.807, 2.05) is 12.1 Å². The molecular weight excluding hydrogens is 392 g/mol. The molecule has 2 heterocycles. The van der Waals surface area contributed by atoms with E-state index in [-0.39, 0.29) is 22.1 Å². The standard InChI is InChI=1S/C21H22N2O5S/c1-2-29(26,27)17-7-8-19-18(11-17)22-20(28-19)16-9-10-23(13-16)12-14-3-5-15(6-4-14)21(24)25/h3-8,11,16H,2,9-10,12-13H2,1H3,(H,24,25). The smallest absolute Gasteiger partial charge is 0.335 e. The fraction of sp³-hybridized carbons (Fsp3) is 0.333. The normalized spacial score (nSPS) is 17.8. The highest BCUT2D eigenvalue weighted by Gasteiger charge is 2.28. The third-order valence-electron chi connectivity index (χ3n) is 5.34. The highest BCUT2D eigenvalue weighted by molar-refractivity contribution is 7.91. The highest BCUT2D eigenvalue weighted by atomic mass is 32.2. The molecule has 7 nitrogen and oxygen atoms in total. The molecule has 8 heteroatoms. The average Bonchev–Trinajstić information content (AvgIpc) is 3.34. The number of oxazole rings is 1. The first kappa shape index (κ1) is 19.6. The van der Waals surface area contributed by atoms with Crippen molar-refractivity contribution in [3.8, 4) is 0 Å². The first-order valence-electron chi connectivity index (χ1n) is 9.53. The SMILES string of the molecule is CCS(=O)(=O)c1ccc2oc(C3CCN(Cc4ccc(C(=O)O)cc4)C3)nc2c1. The number of likely N-dealkylation sites (tertiary alicyclic amines) is 1. The van der Waals surface area contributed by atoms with Crippen LogP contribution in [0.2, 0.25) is 0 Å². The summed E-state index contributed by atoms with van der Waals surface area (Å²) in [5, 5.41) is 9.00. The van der Waals surface area contributed by atoms with E-state index in [2.05, 4.69) is 9.88 Å². The van der Waals surface area contributed by atoms with Gasteiger partial charge in [0.05, 0.1) is 16.2 Å². The van der Waals surface area contributed by atoms with E-state index >= 15 is 0 Å². The molecule has 0 radical (unpaired) electrons. The number of sulfone groups is 1. The molecule has 0 amide bonds. The van der Waals surface area contributed by atoms with E-state index in [1.54, 1.807) is 37.3 Å². The number of carbonyl (C=O) groups is 1. The fourth-order valence-corrected chi connectivity index (χ4v) is 4.55. The third-order valence-corrected chi connectivity index (χ3v) is 7.08. The topological polar surface area (TPSA) is 101 Å². The van der Waals surface area contributed by atoms with Crippen molar-refractivity contribution in [2.45, 2.75) is 30.7 Å². The van der Waals surface area contributed by atoms with E-state index in [9.17, 15) is 13.2 Å². The third kappa shape index (κ3) is 4.04. The predicted molar refractivity (Wildman–Crippen MR) is 108 cm³/mol. The van der Waals surface area contributed by atoms with Crippen LogP contribution in [-0.2, 0) is 16.4 Å². The Morgan fingerprint density at radius 3 is 2.69 bits per heavy atom. The Morgan fingerprint density at radius 2 is 2.00 bits per heavy atom. The molecule has 152 valence electrons. The molecule has 0 spiro atoms. The van der Waals surface area contributed by atoms with Crippen LogP contribution in [0.25, 0.3) is 11.1 Å². The van der Waals surface area contributed by atoms with Crippen molar-refractivity contribution >= 4 is 26.9 Å². The van der Waals surface area contributed by atoms with Gasteiger partial charge in [-0.1, -0.05) is 19.1 Å². The van der Waals surface area contributed by atoms with Gasteiger partial charge >= 0.3 is 5.97 Å². The molecule has 1 saturated heterocycles. The Morgan fingerprint density at radius 1 is 1.24 bits per heavy atom. The average molecular weight is 414 g/mol. The Hall–Kier alpha value is -2.71. The first-order chi connectivity index (χ1) is 13.9. The molecule has 1 N–H and O–H groups in total. The van der Waals surface area contributed by atoms with Gasteiger partial charge in [0.25, 0.3) is 0 Å². The summed E-state index contributed by atoms with van der Waals surface area (Å²) in [5.41, 5.74) is 2.50. The second kappa shape index (κ2) is 7.61. The number of nitrogens with zero attached hydrogens (tertiary/aromatic N) is 2. The summed E-state index contributed by atoms with van der Waals surface area (Å²) < 4.78 is 30.1. The van der Waals surface area contributed by atoms with Gasteiger partial charge in [-0.15, -0.1) is 0 Å². The molecule has 0 aliphatic carbocycles. The number of hydrogen-bond acceptors (Lipinski definition) is 6. The molecule has 3 aromatic rings. The van der Waals surface area contributed by atoms with Crippen LogP contribution in [0.5, 0.6) is 0 Å². The van der Waals surface area contributed by atoms with Crippen LogP contribution in [0.1, 0.15) is 41.1 Å². The fourth-order valence-electron chi connectivity index (χ4n) is 3.65. The van der Waals surface area contributed by atoms with Crippen LogP contribution < -0.4 is 0 Å². The van der Waals surface area contributed by atoms with Gasteiger partial charge in [0, 0.05) is 19.0 Å². The van der Waals surface area contributed by atoms with Crippen LogP contribution in [0, 0.1) is 0 Å². The molecule has 1 atom stereocenters. The summed E-state index contributed by atoms with van der Waals surface area (Å²) in [6.45, 7) is 4.03. The minimum absolute atomic E-state index is 0.0498. The number of carboxylic acid groups (broad SMARTS) is 1. The lowest BCUT2D eigenvalue weighted by molar-refractivity contribution is 0.0697. The molecule has 0 bridgehead atoms. The number of fused-ring (bicyclic) bond motifs is 1. The van der Waals surface area contributed by atoms with Crippen LogP contribution >= 0.6 is 0 Å². The minimum atomic E-state index is -3.28. The quantitative estimate of drug-likeness (QED) is 0.660. The molecule has 1 aliphatic rings. The largest absolute Gasteiger partial charge is 0.478 e. The second-order valence-corrected chi connectivity index (χ2v) is 9.59. The molecule has 1 aliphatic heterocycles. The van der Waals surface area contributed by atoms with Crippen LogP contribution in [0.15, 0.2) is 51.8 Å². The van der Waals surface area contributed by atoms with E-state index < -0.39 is 15.8 Å². The summed E-state index contributed by atoms with van der Waals surface area (Å²) in [6, 6.07) is 11.7. The summed E-state index contributed by atoms with van der Waals surface area (Å²) in [5.74, 6) is -0.0980. The molecule has 1 fully saturated rings. The van der Waals surface area contributed by atoms with E-state index in [0.717, 1.165) is 31.6 Å². The van der Waals surface area contributed by atoms with Gasteiger partial charge in [-0.2, -0.15) is 0 Å².